The average Bonchev–Trinajstić information content (AvgIpc) is 3.30. The standard InChI is InChI=1S/C25H25FN2O2/c1-25(2,3)19-8-4-18(5-9-19)16-28-21-12-13-30-23(21)14-22(28)24(29)27-15-17-6-10-20(26)11-7-17/h4-14H,15-16H2,1-3H3,(H,27,29). The van der Waals surface area contributed by atoms with Gasteiger partial charge in [-0.1, -0.05) is 57.2 Å². The predicted molar refractivity (Wildman–Crippen MR) is 116 cm³/mol. The van der Waals surface area contributed by atoms with Crippen LogP contribution in [0.3, 0.4) is 0 Å². The van der Waals surface area contributed by atoms with Crippen LogP contribution in [-0.2, 0) is 18.5 Å². The number of nitrogens with zero attached hydrogens (tertiary/aromatic N) is 1. The quantitative estimate of drug-likeness (QED) is 0.467. The summed E-state index contributed by atoms with van der Waals surface area (Å²) in [5.41, 5.74) is 5.39. The Bertz CT molecular complexity index is 1160. The van der Waals surface area contributed by atoms with E-state index in [1.165, 1.54) is 17.7 Å². The van der Waals surface area contributed by atoms with E-state index >= 15 is 0 Å². The number of hydrogen-bond donors (Lipinski definition) is 1. The Labute approximate surface area is 175 Å². The molecule has 2 aromatic heterocycles. The third kappa shape index (κ3) is 4.15. The minimum absolute atomic E-state index is 0.0925. The van der Waals surface area contributed by atoms with Crippen LogP contribution in [0.5, 0.6) is 0 Å². The van der Waals surface area contributed by atoms with Crippen molar-refractivity contribution in [2.75, 3.05) is 0 Å². The molecule has 0 fully saturated rings. The summed E-state index contributed by atoms with van der Waals surface area (Å²) < 4.78 is 20.6. The van der Waals surface area contributed by atoms with Gasteiger partial charge in [0.05, 0.1) is 11.8 Å². The van der Waals surface area contributed by atoms with Crippen LogP contribution >= 0.6 is 0 Å². The first kappa shape index (κ1) is 20.0. The average molecular weight is 404 g/mol. The molecule has 0 atom stereocenters. The van der Waals surface area contributed by atoms with Gasteiger partial charge in [0.1, 0.15) is 11.5 Å². The lowest BCUT2D eigenvalue weighted by atomic mass is 9.87. The van der Waals surface area contributed by atoms with E-state index in [0.29, 0.717) is 24.4 Å². The second-order valence-corrected chi connectivity index (χ2v) is 8.54. The van der Waals surface area contributed by atoms with E-state index in [4.69, 9.17) is 4.42 Å². The highest BCUT2D eigenvalue weighted by atomic mass is 19.1. The molecule has 0 unspecified atom stereocenters. The number of benzene rings is 2. The van der Waals surface area contributed by atoms with E-state index in [1.54, 1.807) is 24.5 Å². The van der Waals surface area contributed by atoms with Gasteiger partial charge in [-0.05, 0) is 34.2 Å². The summed E-state index contributed by atoms with van der Waals surface area (Å²) >= 11 is 0. The van der Waals surface area contributed by atoms with E-state index in [9.17, 15) is 9.18 Å². The molecule has 0 aliphatic heterocycles. The third-order valence-corrected chi connectivity index (χ3v) is 5.28. The topological polar surface area (TPSA) is 47.2 Å². The van der Waals surface area contributed by atoms with Crippen LogP contribution in [0.4, 0.5) is 4.39 Å². The SMILES string of the molecule is CC(C)(C)c1ccc(Cn2c(C(=O)NCc3ccc(F)cc3)cc3occc32)cc1. The molecule has 0 radical (unpaired) electrons. The van der Waals surface area contributed by atoms with E-state index in [0.717, 1.165) is 16.6 Å². The second kappa shape index (κ2) is 7.82. The Kier molecular flexibility index (Phi) is 5.20. The van der Waals surface area contributed by atoms with Gasteiger partial charge >= 0.3 is 0 Å². The molecular weight excluding hydrogens is 379 g/mol. The predicted octanol–water partition coefficient (Wildman–Crippen LogP) is 5.65. The van der Waals surface area contributed by atoms with Crippen LogP contribution in [0.2, 0.25) is 0 Å². The minimum Gasteiger partial charge on any atom is -0.463 e. The Morgan fingerprint density at radius 1 is 1.00 bits per heavy atom. The lowest BCUT2D eigenvalue weighted by molar-refractivity contribution is 0.0942. The van der Waals surface area contributed by atoms with Crippen molar-refractivity contribution in [2.45, 2.75) is 39.3 Å². The largest absolute Gasteiger partial charge is 0.463 e. The number of nitrogens with one attached hydrogen (secondary N) is 1. The Hall–Kier alpha value is -3.34. The zero-order valence-corrected chi connectivity index (χ0v) is 17.4. The van der Waals surface area contributed by atoms with Crippen LogP contribution in [0, 0.1) is 5.82 Å². The number of carbonyl (C=O) groups excluding carboxylic acids is 1. The van der Waals surface area contributed by atoms with Crippen molar-refractivity contribution in [1.29, 1.82) is 0 Å². The Morgan fingerprint density at radius 3 is 2.33 bits per heavy atom. The molecule has 1 amide bonds. The number of aromatic nitrogens is 1. The number of halogens is 1. The smallest absolute Gasteiger partial charge is 0.268 e. The Morgan fingerprint density at radius 2 is 1.67 bits per heavy atom. The molecule has 154 valence electrons. The number of carbonyl (C=O) groups is 1. The molecule has 1 N–H and O–H groups in total. The van der Waals surface area contributed by atoms with Gasteiger partial charge in [0.2, 0.25) is 0 Å². The molecule has 0 aliphatic carbocycles. The summed E-state index contributed by atoms with van der Waals surface area (Å²) in [5.74, 6) is -0.492. The number of fused-ring (bicyclic) bond motifs is 1. The van der Waals surface area contributed by atoms with Gasteiger partial charge < -0.3 is 14.3 Å². The summed E-state index contributed by atoms with van der Waals surface area (Å²) in [6.07, 6.45) is 1.63. The fourth-order valence-electron chi connectivity index (χ4n) is 3.50. The zero-order valence-electron chi connectivity index (χ0n) is 17.4. The monoisotopic (exact) mass is 404 g/mol. The van der Waals surface area contributed by atoms with E-state index in [1.807, 2.05) is 10.6 Å². The maximum Gasteiger partial charge on any atom is 0.268 e. The van der Waals surface area contributed by atoms with Crippen LogP contribution < -0.4 is 5.32 Å². The van der Waals surface area contributed by atoms with Gasteiger partial charge in [-0.3, -0.25) is 4.79 Å². The molecule has 0 saturated carbocycles. The van der Waals surface area contributed by atoms with Crippen molar-refractivity contribution >= 4 is 17.0 Å². The first-order valence-corrected chi connectivity index (χ1v) is 10.00. The van der Waals surface area contributed by atoms with Crippen LogP contribution in [0.15, 0.2) is 71.3 Å². The molecule has 0 bridgehead atoms. The highest BCUT2D eigenvalue weighted by Gasteiger charge is 2.18. The van der Waals surface area contributed by atoms with E-state index in [-0.39, 0.29) is 17.1 Å². The molecule has 2 aromatic carbocycles. The van der Waals surface area contributed by atoms with E-state index in [2.05, 4.69) is 50.4 Å². The third-order valence-electron chi connectivity index (χ3n) is 5.28. The van der Waals surface area contributed by atoms with Crippen molar-refractivity contribution in [3.8, 4) is 0 Å². The fourth-order valence-corrected chi connectivity index (χ4v) is 3.50. The molecule has 5 heteroatoms. The van der Waals surface area contributed by atoms with Crippen molar-refractivity contribution in [3.05, 3.63) is 95.1 Å². The van der Waals surface area contributed by atoms with Gasteiger partial charge in [0.25, 0.3) is 5.91 Å². The first-order chi connectivity index (χ1) is 14.3. The van der Waals surface area contributed by atoms with Crippen molar-refractivity contribution < 1.29 is 13.6 Å². The molecule has 0 saturated heterocycles. The van der Waals surface area contributed by atoms with Crippen LogP contribution in [-0.4, -0.2) is 10.5 Å². The summed E-state index contributed by atoms with van der Waals surface area (Å²) in [6, 6.07) is 18.2. The lowest BCUT2D eigenvalue weighted by Gasteiger charge is -2.19. The lowest BCUT2D eigenvalue weighted by Crippen LogP contribution is -2.25. The van der Waals surface area contributed by atoms with E-state index < -0.39 is 0 Å². The highest BCUT2D eigenvalue weighted by molar-refractivity contribution is 5.97. The Balaban J connectivity index is 1.57. The minimum atomic E-state index is -0.295. The van der Waals surface area contributed by atoms with Gasteiger partial charge in [-0.2, -0.15) is 0 Å². The number of rotatable bonds is 5. The van der Waals surface area contributed by atoms with Gasteiger partial charge in [0, 0.05) is 25.2 Å². The normalized spacial score (nSPS) is 11.7. The van der Waals surface area contributed by atoms with Crippen molar-refractivity contribution in [1.82, 2.24) is 9.88 Å². The van der Waals surface area contributed by atoms with Crippen molar-refractivity contribution in [2.24, 2.45) is 0 Å². The molecule has 0 aliphatic rings. The summed E-state index contributed by atoms with van der Waals surface area (Å²) in [5, 5.41) is 2.92. The number of hydrogen-bond acceptors (Lipinski definition) is 2. The highest BCUT2D eigenvalue weighted by Crippen LogP contribution is 2.25. The molecular formula is C25H25FN2O2. The van der Waals surface area contributed by atoms with Crippen LogP contribution in [0.25, 0.3) is 11.1 Å². The fraction of sp³-hybridized carbons (Fsp3) is 0.240. The second-order valence-electron chi connectivity index (χ2n) is 8.54. The molecule has 2 heterocycles. The summed E-state index contributed by atoms with van der Waals surface area (Å²) in [6.45, 7) is 7.45. The number of amides is 1. The van der Waals surface area contributed by atoms with Crippen molar-refractivity contribution in [3.63, 3.8) is 0 Å². The maximum atomic E-state index is 13.1. The van der Waals surface area contributed by atoms with Crippen LogP contribution in [0.1, 0.15) is 48.0 Å². The number of furan rings is 1. The molecule has 30 heavy (non-hydrogen) atoms. The van der Waals surface area contributed by atoms with Gasteiger partial charge in [0.15, 0.2) is 5.58 Å². The zero-order chi connectivity index (χ0) is 21.3. The molecule has 4 rings (SSSR count). The first-order valence-electron chi connectivity index (χ1n) is 10.00. The molecule has 0 spiro atoms. The maximum absolute atomic E-state index is 13.1. The van der Waals surface area contributed by atoms with Gasteiger partial charge in [-0.25, -0.2) is 4.39 Å². The molecule has 4 aromatic rings. The van der Waals surface area contributed by atoms with Gasteiger partial charge in [-0.15, -0.1) is 0 Å². The summed E-state index contributed by atoms with van der Waals surface area (Å²) in [4.78, 5) is 12.9. The molecule has 4 nitrogen and oxygen atoms in total. The summed E-state index contributed by atoms with van der Waals surface area (Å²) in [7, 11) is 0.